The molecule has 0 heterocycles. The molecule has 0 saturated carbocycles. The zero-order chi connectivity index (χ0) is 21.1. The quantitative estimate of drug-likeness (QED) is 0.595. The average molecular weight is 405 g/mol. The summed E-state index contributed by atoms with van der Waals surface area (Å²) in [5.74, 6) is 0. The van der Waals surface area contributed by atoms with E-state index in [1.807, 2.05) is 56.3 Å². The molecule has 3 aromatic carbocycles. The van der Waals surface area contributed by atoms with Crippen molar-refractivity contribution in [1.29, 1.82) is 0 Å². The van der Waals surface area contributed by atoms with Crippen LogP contribution in [0.25, 0.3) is 0 Å². The zero-order valence-electron chi connectivity index (χ0n) is 18.1. The van der Waals surface area contributed by atoms with Gasteiger partial charge in [-0.25, -0.2) is 0 Å². The molecule has 3 rings (SSSR count). The van der Waals surface area contributed by atoms with Crippen molar-refractivity contribution < 1.29 is 9.53 Å². The van der Waals surface area contributed by atoms with E-state index < -0.39 is 20.0 Å². The van der Waals surface area contributed by atoms with E-state index in [1.165, 1.54) is 10.4 Å². The summed E-state index contributed by atoms with van der Waals surface area (Å²) in [5.41, 5.74) is -0.237. The summed E-state index contributed by atoms with van der Waals surface area (Å²) < 4.78 is 7.08. The van der Waals surface area contributed by atoms with E-state index in [9.17, 15) is 5.11 Å². The number of hydrogen-bond acceptors (Lipinski definition) is 2. The third kappa shape index (κ3) is 4.09. The number of aliphatic hydroxyl groups is 1. The van der Waals surface area contributed by atoms with E-state index in [2.05, 4.69) is 69.3 Å². The fraction of sp³-hybridized carbons (Fsp3) is 0.308. The van der Waals surface area contributed by atoms with Gasteiger partial charge in [0.2, 0.25) is 0 Å². The molecule has 152 valence electrons. The Morgan fingerprint density at radius 1 is 0.690 bits per heavy atom. The predicted octanol–water partition coefficient (Wildman–Crippen LogP) is 4.86. The van der Waals surface area contributed by atoms with Gasteiger partial charge >= 0.3 is 0 Å². The number of hydrogen-bond donors (Lipinski definition) is 1. The Kier molecular flexibility index (Phi) is 6.13. The first kappa shape index (κ1) is 21.5. The highest BCUT2D eigenvalue weighted by molar-refractivity contribution is 6.99. The van der Waals surface area contributed by atoms with Gasteiger partial charge in [-0.1, -0.05) is 112 Å². The SMILES string of the molecule is C[C@@H](O[Si](c1ccccc1)(c1ccccc1)C(C)(C)C)[C@](C)(O)c1ccccc1. The lowest BCUT2D eigenvalue weighted by atomic mass is 9.91. The molecule has 0 radical (unpaired) electrons. The second kappa shape index (κ2) is 8.27. The van der Waals surface area contributed by atoms with Crippen molar-refractivity contribution in [3.63, 3.8) is 0 Å². The molecule has 0 aliphatic carbocycles. The van der Waals surface area contributed by atoms with Crippen molar-refractivity contribution in [3.05, 3.63) is 96.6 Å². The Balaban J connectivity index is 2.16. The van der Waals surface area contributed by atoms with Gasteiger partial charge in [0.1, 0.15) is 5.60 Å². The van der Waals surface area contributed by atoms with Crippen molar-refractivity contribution in [2.24, 2.45) is 0 Å². The molecular weight excluding hydrogens is 372 g/mol. The first-order chi connectivity index (χ1) is 13.7. The van der Waals surface area contributed by atoms with Crippen molar-refractivity contribution >= 4 is 18.7 Å². The fourth-order valence-electron chi connectivity index (χ4n) is 4.08. The van der Waals surface area contributed by atoms with Crippen LogP contribution in [-0.4, -0.2) is 19.5 Å². The van der Waals surface area contributed by atoms with Crippen LogP contribution in [0.15, 0.2) is 91.0 Å². The standard InChI is InChI=1S/C26H32O2Si/c1-21(26(5,27)22-15-9-6-10-16-22)28-29(25(2,3)4,23-17-11-7-12-18-23)24-19-13-8-14-20-24/h6-21,27H,1-5H3/t21-,26+/m1/s1. The van der Waals surface area contributed by atoms with Gasteiger partial charge in [-0.2, -0.15) is 0 Å². The van der Waals surface area contributed by atoms with Crippen LogP contribution in [0.3, 0.4) is 0 Å². The first-order valence-corrected chi connectivity index (χ1v) is 12.2. The third-order valence-corrected chi connectivity index (χ3v) is 11.0. The van der Waals surface area contributed by atoms with Crippen LogP contribution in [-0.2, 0) is 10.0 Å². The van der Waals surface area contributed by atoms with Crippen LogP contribution in [0, 0.1) is 0 Å². The first-order valence-electron chi connectivity index (χ1n) is 10.3. The molecule has 0 aliphatic rings. The molecule has 0 bridgehead atoms. The van der Waals surface area contributed by atoms with E-state index >= 15 is 0 Å². The fourth-order valence-corrected chi connectivity index (χ4v) is 8.86. The molecule has 29 heavy (non-hydrogen) atoms. The maximum atomic E-state index is 11.5. The van der Waals surface area contributed by atoms with E-state index in [-0.39, 0.29) is 5.04 Å². The molecule has 2 atom stereocenters. The summed E-state index contributed by atoms with van der Waals surface area (Å²) in [6.07, 6.45) is -0.392. The summed E-state index contributed by atoms with van der Waals surface area (Å²) in [5, 5.41) is 13.8. The molecule has 0 amide bonds. The van der Waals surface area contributed by atoms with E-state index in [0.717, 1.165) is 5.56 Å². The Hall–Kier alpha value is -2.20. The minimum atomic E-state index is -2.72. The van der Waals surface area contributed by atoms with E-state index in [1.54, 1.807) is 0 Å². The van der Waals surface area contributed by atoms with E-state index in [4.69, 9.17) is 4.43 Å². The minimum absolute atomic E-state index is 0.128. The van der Waals surface area contributed by atoms with Crippen molar-refractivity contribution in [2.75, 3.05) is 0 Å². The lowest BCUT2D eigenvalue weighted by Crippen LogP contribution is -2.68. The van der Waals surface area contributed by atoms with Gasteiger partial charge in [-0.3, -0.25) is 0 Å². The number of rotatable bonds is 6. The van der Waals surface area contributed by atoms with Gasteiger partial charge in [0.05, 0.1) is 6.10 Å². The normalized spacial score (nSPS) is 15.5. The number of benzene rings is 3. The Bertz CT molecular complexity index is 860. The van der Waals surface area contributed by atoms with Gasteiger partial charge in [0, 0.05) is 0 Å². The molecule has 0 unspecified atom stereocenters. The molecule has 2 nitrogen and oxygen atoms in total. The summed E-state index contributed by atoms with van der Waals surface area (Å²) >= 11 is 0. The molecule has 0 saturated heterocycles. The van der Waals surface area contributed by atoms with Crippen molar-refractivity contribution in [3.8, 4) is 0 Å². The molecule has 3 aromatic rings. The highest BCUT2D eigenvalue weighted by atomic mass is 28.4. The predicted molar refractivity (Wildman–Crippen MR) is 124 cm³/mol. The molecule has 1 N–H and O–H groups in total. The Labute approximate surface area is 176 Å². The molecular formula is C26H32O2Si. The van der Waals surface area contributed by atoms with Crippen LogP contribution in [0.1, 0.15) is 40.2 Å². The minimum Gasteiger partial charge on any atom is -0.401 e. The lowest BCUT2D eigenvalue weighted by Gasteiger charge is -2.47. The third-order valence-electron chi connectivity index (χ3n) is 5.92. The lowest BCUT2D eigenvalue weighted by molar-refractivity contribution is -0.0484. The summed E-state index contributed by atoms with van der Waals surface area (Å²) in [4.78, 5) is 0. The summed E-state index contributed by atoms with van der Waals surface area (Å²) in [6.45, 7) is 10.6. The second-order valence-corrected chi connectivity index (χ2v) is 13.2. The monoisotopic (exact) mass is 404 g/mol. The van der Waals surface area contributed by atoms with Gasteiger partial charge in [-0.15, -0.1) is 0 Å². The second-order valence-electron chi connectivity index (χ2n) is 8.94. The Morgan fingerprint density at radius 3 is 1.45 bits per heavy atom. The van der Waals surface area contributed by atoms with Crippen molar-refractivity contribution in [1.82, 2.24) is 0 Å². The highest BCUT2D eigenvalue weighted by Crippen LogP contribution is 2.40. The largest absolute Gasteiger partial charge is 0.401 e. The summed E-state index contributed by atoms with van der Waals surface area (Å²) in [7, 11) is -2.72. The van der Waals surface area contributed by atoms with Gasteiger partial charge in [-0.05, 0) is 34.8 Å². The Morgan fingerprint density at radius 2 is 1.07 bits per heavy atom. The van der Waals surface area contributed by atoms with E-state index in [0.29, 0.717) is 0 Å². The van der Waals surface area contributed by atoms with Crippen LogP contribution in [0.2, 0.25) is 5.04 Å². The highest BCUT2D eigenvalue weighted by Gasteiger charge is 2.52. The summed E-state index contributed by atoms with van der Waals surface area (Å²) in [6, 6.07) is 30.9. The topological polar surface area (TPSA) is 29.5 Å². The van der Waals surface area contributed by atoms with Crippen LogP contribution < -0.4 is 10.4 Å². The molecule has 0 fully saturated rings. The van der Waals surface area contributed by atoms with Crippen LogP contribution in [0.4, 0.5) is 0 Å². The molecule has 0 aliphatic heterocycles. The van der Waals surface area contributed by atoms with Gasteiger partial charge < -0.3 is 9.53 Å². The molecule has 0 spiro atoms. The zero-order valence-corrected chi connectivity index (χ0v) is 19.1. The smallest absolute Gasteiger partial charge is 0.261 e. The van der Waals surface area contributed by atoms with Crippen LogP contribution >= 0.6 is 0 Å². The average Bonchev–Trinajstić information content (AvgIpc) is 2.72. The molecule has 0 aromatic heterocycles. The van der Waals surface area contributed by atoms with Gasteiger partial charge in [0.15, 0.2) is 0 Å². The van der Waals surface area contributed by atoms with Crippen molar-refractivity contribution in [2.45, 2.75) is 51.4 Å². The maximum Gasteiger partial charge on any atom is 0.261 e. The van der Waals surface area contributed by atoms with Crippen LogP contribution in [0.5, 0.6) is 0 Å². The van der Waals surface area contributed by atoms with Gasteiger partial charge in [0.25, 0.3) is 8.32 Å². The maximum absolute atomic E-state index is 11.5. The molecule has 3 heteroatoms.